The molecular formula is C44H56N8O8S4. The molecule has 0 saturated carbocycles. The molecule has 0 bridgehead atoms. The maximum Gasteiger partial charge on any atom is 0.264 e. The molecular weight excluding hydrogens is 897 g/mol. The number of nitrogens with zero attached hydrogens (tertiary/aromatic N) is 4. The summed E-state index contributed by atoms with van der Waals surface area (Å²) in [4.78, 5) is 119. The van der Waals surface area contributed by atoms with Crippen molar-refractivity contribution in [3.8, 4) is 0 Å². The van der Waals surface area contributed by atoms with Gasteiger partial charge in [0.05, 0.1) is 45.5 Å². The SMILES string of the molecule is CNC(=O)[C@H](CCCCNC(=O)C1CSSC1)N1C(=O)c2cc(N3CCCC3)c3c4c(cc(N5CCCC5)c(c24)C1=O)C(=O)N([C@@H](CCCCNC(=O)C1CSSC1)C(=O)NC)C3=O. The molecule has 6 aliphatic heterocycles. The van der Waals surface area contributed by atoms with E-state index in [1.54, 1.807) is 55.3 Å². The number of carbonyl (C=O) groups is 8. The summed E-state index contributed by atoms with van der Waals surface area (Å²) in [5.41, 5.74) is 1.51. The van der Waals surface area contributed by atoms with Gasteiger partial charge in [-0.25, -0.2) is 0 Å². The maximum absolute atomic E-state index is 15.2. The zero-order valence-electron chi connectivity index (χ0n) is 36.3. The van der Waals surface area contributed by atoms with E-state index < -0.39 is 47.5 Å². The number of hydrogen-bond acceptors (Lipinski definition) is 14. The van der Waals surface area contributed by atoms with Gasteiger partial charge in [0.1, 0.15) is 12.1 Å². The van der Waals surface area contributed by atoms with E-state index in [2.05, 4.69) is 21.3 Å². The Kier molecular flexibility index (Phi) is 14.9. The third-order valence-electron chi connectivity index (χ3n) is 13.1. The van der Waals surface area contributed by atoms with Gasteiger partial charge in [-0.1, -0.05) is 43.2 Å². The van der Waals surface area contributed by atoms with E-state index in [0.717, 1.165) is 58.5 Å². The molecule has 2 aromatic carbocycles. The highest BCUT2D eigenvalue weighted by Crippen LogP contribution is 2.48. The van der Waals surface area contributed by atoms with E-state index in [1.807, 2.05) is 9.80 Å². The maximum atomic E-state index is 15.2. The Morgan fingerprint density at radius 1 is 0.562 bits per heavy atom. The highest BCUT2D eigenvalue weighted by atomic mass is 33.1. The molecule has 0 aromatic heterocycles. The lowest BCUT2D eigenvalue weighted by Crippen LogP contribution is -2.55. The predicted octanol–water partition coefficient (Wildman–Crippen LogP) is 4.06. The van der Waals surface area contributed by atoms with Crippen molar-refractivity contribution in [1.82, 2.24) is 31.1 Å². The number of rotatable bonds is 18. The highest BCUT2D eigenvalue weighted by Gasteiger charge is 2.49. The van der Waals surface area contributed by atoms with Crippen LogP contribution in [0.25, 0.3) is 10.8 Å². The second kappa shape index (κ2) is 20.6. The molecule has 6 heterocycles. The molecule has 8 rings (SSSR count). The first-order chi connectivity index (χ1) is 31.0. The molecule has 0 aliphatic carbocycles. The van der Waals surface area contributed by atoms with Crippen LogP contribution < -0.4 is 31.1 Å². The molecule has 20 heteroatoms. The van der Waals surface area contributed by atoms with E-state index >= 15 is 19.2 Å². The van der Waals surface area contributed by atoms with Crippen LogP contribution in [0.3, 0.4) is 0 Å². The van der Waals surface area contributed by atoms with Crippen molar-refractivity contribution in [3.05, 3.63) is 34.4 Å². The standard InChI is InChI=1S/C44H56N8O8S4/c1-45-39(55)29(11-3-5-13-47-37(53)25-21-61-62-22-25)51-41(57)27-19-32(50-17-9-10-18-50)36-34-28(20-31(49-15-7-8-16-49)35(33(27)34)43(51)59)42(58)52(44(36)60)30(40(56)46-2)12-4-6-14-48-38(54)26-23-63-64-24-26/h19-20,25-26,29-30H,3-18,21-24H2,1-2H3,(H,45,55)(H,46,56)(H,47,53)(H,48,54)/t29-,30-/m0/s1. The zero-order valence-corrected chi connectivity index (χ0v) is 39.6. The Bertz CT molecular complexity index is 2070. The van der Waals surface area contributed by atoms with Gasteiger partial charge in [0.15, 0.2) is 0 Å². The van der Waals surface area contributed by atoms with Crippen molar-refractivity contribution in [2.24, 2.45) is 11.8 Å². The van der Waals surface area contributed by atoms with E-state index in [1.165, 1.54) is 14.1 Å². The van der Waals surface area contributed by atoms with Crippen LogP contribution in [0.2, 0.25) is 0 Å². The molecule has 4 saturated heterocycles. The normalized spacial score (nSPS) is 19.8. The van der Waals surface area contributed by atoms with Gasteiger partial charge in [-0.05, 0) is 76.3 Å². The summed E-state index contributed by atoms with van der Waals surface area (Å²) >= 11 is 0. The average molecular weight is 953 g/mol. The van der Waals surface area contributed by atoms with Crippen molar-refractivity contribution in [2.75, 3.05) is 86.2 Å². The van der Waals surface area contributed by atoms with Crippen LogP contribution in [0.5, 0.6) is 0 Å². The van der Waals surface area contributed by atoms with Gasteiger partial charge in [-0.3, -0.25) is 48.2 Å². The van der Waals surface area contributed by atoms with Gasteiger partial charge in [-0.15, -0.1) is 0 Å². The quantitative estimate of drug-likeness (QED) is 0.0949. The smallest absolute Gasteiger partial charge is 0.264 e. The molecule has 0 unspecified atom stereocenters. The van der Waals surface area contributed by atoms with Crippen molar-refractivity contribution >= 4 is 113 Å². The number of anilines is 2. The fourth-order valence-electron chi connectivity index (χ4n) is 9.69. The summed E-state index contributed by atoms with van der Waals surface area (Å²) in [6.07, 6.45) is 5.62. The molecule has 0 spiro atoms. The fourth-order valence-corrected chi connectivity index (χ4v) is 15.2. The Hall–Kier alpha value is -4.14. The van der Waals surface area contributed by atoms with Crippen LogP contribution in [0.1, 0.15) is 106 Å². The van der Waals surface area contributed by atoms with Crippen LogP contribution in [0.4, 0.5) is 11.4 Å². The molecule has 6 aliphatic rings. The minimum Gasteiger partial charge on any atom is -0.371 e. The largest absolute Gasteiger partial charge is 0.371 e. The van der Waals surface area contributed by atoms with Crippen molar-refractivity contribution < 1.29 is 38.4 Å². The van der Waals surface area contributed by atoms with Crippen molar-refractivity contribution in [1.29, 1.82) is 0 Å². The summed E-state index contributed by atoms with van der Waals surface area (Å²) < 4.78 is 0. The van der Waals surface area contributed by atoms with Gasteiger partial charge in [0.2, 0.25) is 23.6 Å². The fraction of sp³-hybridized carbons (Fsp3) is 0.591. The average Bonchev–Trinajstić information content (AvgIpc) is 4.16. The molecule has 8 amide bonds. The number of benzene rings is 2. The number of unbranched alkanes of at least 4 members (excludes halogenated alkanes) is 2. The van der Waals surface area contributed by atoms with E-state index in [0.29, 0.717) is 76.3 Å². The lowest BCUT2D eigenvalue weighted by molar-refractivity contribution is -0.125. The van der Waals surface area contributed by atoms with E-state index in [4.69, 9.17) is 0 Å². The third-order valence-corrected chi connectivity index (χ3v) is 18.3. The molecule has 64 heavy (non-hydrogen) atoms. The monoisotopic (exact) mass is 952 g/mol. The Labute approximate surface area is 388 Å². The predicted molar refractivity (Wildman–Crippen MR) is 254 cm³/mol. The summed E-state index contributed by atoms with van der Waals surface area (Å²) in [6.45, 7) is 3.14. The Morgan fingerprint density at radius 3 is 1.27 bits per heavy atom. The summed E-state index contributed by atoms with van der Waals surface area (Å²) in [5.74, 6) is -0.735. The molecule has 2 aromatic rings. The molecule has 344 valence electrons. The lowest BCUT2D eigenvalue weighted by Gasteiger charge is -2.39. The third kappa shape index (κ3) is 9.04. The van der Waals surface area contributed by atoms with Gasteiger partial charge >= 0.3 is 0 Å². The number of carbonyl (C=O) groups excluding carboxylic acids is 8. The second-order valence-corrected chi connectivity index (χ2v) is 22.2. The van der Waals surface area contributed by atoms with E-state index in [-0.39, 0.29) is 69.5 Å². The van der Waals surface area contributed by atoms with Crippen LogP contribution in [-0.2, 0) is 19.2 Å². The lowest BCUT2D eigenvalue weighted by atomic mass is 9.82. The highest BCUT2D eigenvalue weighted by molar-refractivity contribution is 8.77. The molecule has 16 nitrogen and oxygen atoms in total. The minimum atomic E-state index is -1.17. The van der Waals surface area contributed by atoms with Gasteiger partial charge in [0, 0.05) is 87.1 Å². The summed E-state index contributed by atoms with van der Waals surface area (Å²) in [5, 5.41) is 11.8. The number of likely N-dealkylation sites (N-methyl/N-ethyl adjacent to an activating group) is 2. The zero-order chi connectivity index (χ0) is 45.1. The van der Waals surface area contributed by atoms with Crippen molar-refractivity contribution in [3.63, 3.8) is 0 Å². The van der Waals surface area contributed by atoms with E-state index in [9.17, 15) is 19.2 Å². The van der Waals surface area contributed by atoms with Crippen LogP contribution >= 0.6 is 43.2 Å². The Morgan fingerprint density at radius 2 is 0.922 bits per heavy atom. The number of imide groups is 2. The number of amides is 8. The van der Waals surface area contributed by atoms with Gasteiger partial charge < -0.3 is 31.1 Å². The first-order valence-corrected chi connectivity index (χ1v) is 27.4. The number of hydrogen-bond donors (Lipinski definition) is 4. The second-order valence-electron chi connectivity index (χ2n) is 17.1. The molecule has 4 N–H and O–H groups in total. The first kappa shape index (κ1) is 46.4. The number of nitrogens with one attached hydrogen (secondary N) is 4. The topological polar surface area (TPSA) is 198 Å². The molecule has 4 fully saturated rings. The Balaban J connectivity index is 1.15. The van der Waals surface area contributed by atoms with Gasteiger partial charge in [-0.2, -0.15) is 0 Å². The summed E-state index contributed by atoms with van der Waals surface area (Å²) in [7, 11) is 9.66. The van der Waals surface area contributed by atoms with Crippen LogP contribution in [0, 0.1) is 11.8 Å². The van der Waals surface area contributed by atoms with Crippen LogP contribution in [-0.4, -0.2) is 146 Å². The first-order valence-electron chi connectivity index (χ1n) is 22.5. The molecule has 2 atom stereocenters. The summed E-state index contributed by atoms with van der Waals surface area (Å²) in [6, 6.07) is 0.988. The van der Waals surface area contributed by atoms with Gasteiger partial charge in [0.25, 0.3) is 23.6 Å². The minimum absolute atomic E-state index is 0.000860. The van der Waals surface area contributed by atoms with Crippen molar-refractivity contribution in [2.45, 2.75) is 76.3 Å². The van der Waals surface area contributed by atoms with Crippen LogP contribution in [0.15, 0.2) is 12.1 Å². The molecule has 0 radical (unpaired) electrons.